The summed E-state index contributed by atoms with van der Waals surface area (Å²) in [7, 11) is 0. The van der Waals surface area contributed by atoms with E-state index in [0.717, 1.165) is 6.07 Å². The summed E-state index contributed by atoms with van der Waals surface area (Å²) in [5, 5.41) is 4.65. The van der Waals surface area contributed by atoms with E-state index < -0.39 is 11.6 Å². The Bertz CT molecular complexity index is 563. The quantitative estimate of drug-likeness (QED) is 0.926. The molecule has 0 aliphatic rings. The molecule has 6 heteroatoms. The zero-order valence-electron chi connectivity index (χ0n) is 9.54. The predicted molar refractivity (Wildman–Crippen MR) is 66.4 cm³/mol. The van der Waals surface area contributed by atoms with Crippen molar-refractivity contribution in [3.63, 3.8) is 0 Å². The molecule has 1 N–H and O–H groups in total. The van der Waals surface area contributed by atoms with Crippen molar-refractivity contribution in [2.75, 3.05) is 5.32 Å². The molecule has 2 aromatic rings. The maximum absolute atomic E-state index is 13.1. The van der Waals surface area contributed by atoms with Gasteiger partial charge in [0.15, 0.2) is 5.13 Å². The van der Waals surface area contributed by atoms with Gasteiger partial charge in [0.1, 0.15) is 11.6 Å². The summed E-state index contributed by atoms with van der Waals surface area (Å²) in [6, 6.07) is 3.20. The molecule has 18 heavy (non-hydrogen) atoms. The van der Waals surface area contributed by atoms with Gasteiger partial charge in [0, 0.05) is 23.4 Å². The van der Waals surface area contributed by atoms with Gasteiger partial charge in [-0.2, -0.15) is 0 Å². The fraction of sp³-hybridized carbons (Fsp3) is 0.167. The second-order valence-corrected chi connectivity index (χ2v) is 4.46. The van der Waals surface area contributed by atoms with E-state index in [1.807, 2.05) is 0 Å². The highest BCUT2D eigenvalue weighted by Gasteiger charge is 2.09. The number of anilines is 1. The molecule has 0 aliphatic heterocycles. The number of nitrogens with zero attached hydrogens (tertiary/aromatic N) is 1. The maximum atomic E-state index is 13.1. The summed E-state index contributed by atoms with van der Waals surface area (Å²) in [6.45, 7) is 1.73. The van der Waals surface area contributed by atoms with E-state index in [4.69, 9.17) is 0 Å². The lowest BCUT2D eigenvalue weighted by Crippen LogP contribution is -2.08. The lowest BCUT2D eigenvalue weighted by molar-refractivity contribution is -0.115. The van der Waals surface area contributed by atoms with Crippen LogP contribution >= 0.6 is 11.3 Å². The molecule has 1 aromatic carbocycles. The van der Waals surface area contributed by atoms with Crippen molar-refractivity contribution in [1.82, 2.24) is 4.98 Å². The lowest BCUT2D eigenvalue weighted by Gasteiger charge is -1.99. The largest absolute Gasteiger partial charge is 0.302 e. The van der Waals surface area contributed by atoms with Crippen molar-refractivity contribution in [3.8, 4) is 11.3 Å². The summed E-state index contributed by atoms with van der Waals surface area (Å²) in [5.74, 6) is -1.46. The normalized spacial score (nSPS) is 10.4. The maximum Gasteiger partial charge on any atom is 0.225 e. The van der Waals surface area contributed by atoms with Crippen LogP contribution in [0.25, 0.3) is 11.3 Å². The Hall–Kier alpha value is -1.82. The Balaban J connectivity index is 2.26. The number of rotatable bonds is 3. The minimum atomic E-state index is -0.655. The standard InChI is InChI=1S/C12H10F2N2OS/c1-2-11(17)16-12-15-10(6-18-12)7-3-8(13)5-9(14)4-7/h3-6H,2H2,1H3,(H,15,16,17). The zero-order chi connectivity index (χ0) is 13.1. The van der Waals surface area contributed by atoms with Crippen LogP contribution in [0.3, 0.4) is 0 Å². The van der Waals surface area contributed by atoms with Crippen molar-refractivity contribution < 1.29 is 13.6 Å². The third-order valence-corrected chi connectivity index (χ3v) is 2.99. The summed E-state index contributed by atoms with van der Waals surface area (Å²) >= 11 is 1.21. The van der Waals surface area contributed by atoms with Gasteiger partial charge in [-0.3, -0.25) is 4.79 Å². The molecule has 0 radical (unpaired) electrons. The molecular weight excluding hydrogens is 258 g/mol. The van der Waals surface area contributed by atoms with Crippen molar-refractivity contribution in [3.05, 3.63) is 35.2 Å². The number of carbonyl (C=O) groups excluding carboxylic acids is 1. The van der Waals surface area contributed by atoms with Crippen molar-refractivity contribution in [1.29, 1.82) is 0 Å². The highest BCUT2D eigenvalue weighted by Crippen LogP contribution is 2.26. The SMILES string of the molecule is CCC(=O)Nc1nc(-c2cc(F)cc(F)c2)cs1. The summed E-state index contributed by atoms with van der Waals surface area (Å²) in [4.78, 5) is 15.3. The molecule has 1 amide bonds. The molecular formula is C12H10F2N2OS. The van der Waals surface area contributed by atoms with Crippen LogP contribution in [0.15, 0.2) is 23.6 Å². The summed E-state index contributed by atoms with van der Waals surface area (Å²) < 4.78 is 26.1. The number of benzene rings is 1. The monoisotopic (exact) mass is 268 g/mol. The third-order valence-electron chi connectivity index (χ3n) is 2.23. The van der Waals surface area contributed by atoms with Gasteiger partial charge in [-0.05, 0) is 12.1 Å². The number of amides is 1. The highest BCUT2D eigenvalue weighted by molar-refractivity contribution is 7.14. The van der Waals surface area contributed by atoms with Gasteiger partial charge in [-0.25, -0.2) is 13.8 Å². The number of hydrogen-bond acceptors (Lipinski definition) is 3. The van der Waals surface area contributed by atoms with Gasteiger partial charge in [0.25, 0.3) is 0 Å². The van der Waals surface area contributed by atoms with Crippen LogP contribution in [-0.4, -0.2) is 10.9 Å². The number of aromatic nitrogens is 1. The molecule has 1 heterocycles. The Kier molecular flexibility index (Phi) is 3.66. The van der Waals surface area contributed by atoms with Crippen molar-refractivity contribution >= 4 is 22.4 Å². The molecule has 0 saturated heterocycles. The van der Waals surface area contributed by atoms with Crippen LogP contribution in [-0.2, 0) is 4.79 Å². The Morgan fingerprint density at radius 1 is 1.33 bits per heavy atom. The first-order valence-corrected chi connectivity index (χ1v) is 6.18. The van der Waals surface area contributed by atoms with Crippen molar-refractivity contribution in [2.45, 2.75) is 13.3 Å². The average molecular weight is 268 g/mol. The van der Waals surface area contributed by atoms with Gasteiger partial charge >= 0.3 is 0 Å². The molecule has 2 rings (SSSR count). The molecule has 0 aliphatic carbocycles. The topological polar surface area (TPSA) is 42.0 Å². The summed E-state index contributed by atoms with van der Waals surface area (Å²) in [5.41, 5.74) is 0.783. The number of carbonyl (C=O) groups is 1. The van der Waals surface area contributed by atoms with Crippen molar-refractivity contribution in [2.24, 2.45) is 0 Å². The molecule has 3 nitrogen and oxygen atoms in total. The minimum absolute atomic E-state index is 0.152. The fourth-order valence-electron chi connectivity index (χ4n) is 1.37. The minimum Gasteiger partial charge on any atom is -0.302 e. The van der Waals surface area contributed by atoms with Gasteiger partial charge < -0.3 is 5.32 Å². The molecule has 0 atom stereocenters. The molecule has 0 bridgehead atoms. The molecule has 0 fully saturated rings. The summed E-state index contributed by atoms with van der Waals surface area (Å²) in [6.07, 6.45) is 0.351. The second kappa shape index (κ2) is 5.22. The fourth-order valence-corrected chi connectivity index (χ4v) is 2.11. The second-order valence-electron chi connectivity index (χ2n) is 3.60. The van der Waals surface area contributed by atoms with Crippen LogP contribution in [0.5, 0.6) is 0 Å². The molecule has 1 aromatic heterocycles. The number of halogens is 2. The molecule has 0 unspecified atom stereocenters. The molecule has 94 valence electrons. The van der Waals surface area contributed by atoms with Crippen LogP contribution in [0.2, 0.25) is 0 Å². The van der Waals surface area contributed by atoms with E-state index in [2.05, 4.69) is 10.3 Å². The number of hydrogen-bond donors (Lipinski definition) is 1. The van der Waals surface area contributed by atoms with E-state index in [1.165, 1.54) is 23.5 Å². The van der Waals surface area contributed by atoms with E-state index in [-0.39, 0.29) is 5.91 Å². The number of thiazole rings is 1. The van der Waals surface area contributed by atoms with E-state index >= 15 is 0 Å². The van der Waals surface area contributed by atoms with Crippen LogP contribution in [0, 0.1) is 11.6 Å². The third kappa shape index (κ3) is 2.89. The van der Waals surface area contributed by atoms with Gasteiger partial charge in [-0.15, -0.1) is 11.3 Å². The number of nitrogens with one attached hydrogen (secondary N) is 1. The average Bonchev–Trinajstić information content (AvgIpc) is 2.76. The first kappa shape index (κ1) is 12.6. The first-order valence-electron chi connectivity index (χ1n) is 5.30. The highest BCUT2D eigenvalue weighted by atomic mass is 32.1. The lowest BCUT2D eigenvalue weighted by atomic mass is 10.2. The van der Waals surface area contributed by atoms with E-state index in [0.29, 0.717) is 22.8 Å². The van der Waals surface area contributed by atoms with Crippen LogP contribution in [0.4, 0.5) is 13.9 Å². The Labute approximate surface area is 106 Å². The van der Waals surface area contributed by atoms with Crippen LogP contribution in [0.1, 0.15) is 13.3 Å². The molecule has 0 spiro atoms. The van der Waals surface area contributed by atoms with Gasteiger partial charge in [-0.1, -0.05) is 6.92 Å². The van der Waals surface area contributed by atoms with Gasteiger partial charge in [0.2, 0.25) is 5.91 Å². The predicted octanol–water partition coefficient (Wildman–Crippen LogP) is 3.44. The van der Waals surface area contributed by atoms with Gasteiger partial charge in [0.05, 0.1) is 5.69 Å². The van der Waals surface area contributed by atoms with E-state index in [9.17, 15) is 13.6 Å². The molecule has 0 saturated carbocycles. The van der Waals surface area contributed by atoms with Crippen LogP contribution < -0.4 is 5.32 Å². The smallest absolute Gasteiger partial charge is 0.225 e. The first-order chi connectivity index (χ1) is 8.58. The van der Waals surface area contributed by atoms with E-state index in [1.54, 1.807) is 12.3 Å². The zero-order valence-corrected chi connectivity index (χ0v) is 10.4. The Morgan fingerprint density at radius 3 is 2.61 bits per heavy atom. The Morgan fingerprint density at radius 2 is 2.00 bits per heavy atom.